The van der Waals surface area contributed by atoms with Gasteiger partial charge in [0.2, 0.25) is 10.0 Å². The van der Waals surface area contributed by atoms with E-state index in [0.717, 1.165) is 12.1 Å². The Labute approximate surface area is 161 Å². The van der Waals surface area contributed by atoms with E-state index in [9.17, 15) is 13.2 Å². The van der Waals surface area contributed by atoms with Crippen molar-refractivity contribution in [1.29, 1.82) is 0 Å². The van der Waals surface area contributed by atoms with Crippen LogP contribution in [0.2, 0.25) is 0 Å². The molecule has 0 bridgehead atoms. The fourth-order valence-corrected chi connectivity index (χ4v) is 3.75. The Hall–Kier alpha value is -2.22. The third kappa shape index (κ3) is 6.46. The number of nitrogens with zero attached hydrogens (tertiary/aromatic N) is 2. The van der Waals surface area contributed by atoms with E-state index >= 15 is 0 Å². The normalized spacial score (nSPS) is 11.6. The van der Waals surface area contributed by atoms with Crippen molar-refractivity contribution in [1.82, 2.24) is 14.5 Å². The Morgan fingerprint density at radius 3 is 2.37 bits per heavy atom. The van der Waals surface area contributed by atoms with Crippen LogP contribution in [0.4, 0.5) is 0 Å². The molecule has 2 aromatic carbocycles. The Bertz CT molecular complexity index is 852. The van der Waals surface area contributed by atoms with Gasteiger partial charge >= 0.3 is 0 Å². The van der Waals surface area contributed by atoms with Crippen LogP contribution in [0.1, 0.15) is 22.3 Å². The van der Waals surface area contributed by atoms with Gasteiger partial charge in [-0.1, -0.05) is 36.4 Å². The fraction of sp³-hybridized carbons (Fsp3) is 0.350. The predicted molar refractivity (Wildman–Crippen MR) is 107 cm³/mol. The average Bonchev–Trinajstić information content (AvgIpc) is 2.65. The van der Waals surface area contributed by atoms with Crippen LogP contribution in [-0.2, 0) is 16.6 Å². The number of nitrogens with one attached hydrogen (secondary N) is 1. The van der Waals surface area contributed by atoms with Gasteiger partial charge in [0, 0.05) is 25.7 Å². The summed E-state index contributed by atoms with van der Waals surface area (Å²) in [6.45, 7) is 1.61. The molecular weight excluding hydrogens is 362 g/mol. The lowest BCUT2D eigenvalue weighted by atomic mass is 10.1. The van der Waals surface area contributed by atoms with Gasteiger partial charge in [-0.15, -0.1) is 0 Å². The largest absolute Gasteiger partial charge is 0.337 e. The third-order valence-corrected chi connectivity index (χ3v) is 5.53. The lowest BCUT2D eigenvalue weighted by Crippen LogP contribution is -2.28. The SMILES string of the molecule is CN(C)CCCNS(=O)(=O)c1cccc(C(=O)N(C)Cc2ccccc2)c1. The first-order valence-electron chi connectivity index (χ1n) is 8.83. The second-order valence-corrected chi connectivity index (χ2v) is 8.50. The first-order chi connectivity index (χ1) is 12.8. The highest BCUT2D eigenvalue weighted by atomic mass is 32.2. The molecule has 0 fully saturated rings. The zero-order valence-corrected chi connectivity index (χ0v) is 16.9. The van der Waals surface area contributed by atoms with E-state index in [2.05, 4.69) is 4.72 Å². The molecule has 0 saturated carbocycles. The molecule has 27 heavy (non-hydrogen) atoms. The van der Waals surface area contributed by atoms with Crippen molar-refractivity contribution >= 4 is 15.9 Å². The van der Waals surface area contributed by atoms with Crippen molar-refractivity contribution in [2.45, 2.75) is 17.9 Å². The predicted octanol–water partition coefficient (Wildman–Crippen LogP) is 2.19. The van der Waals surface area contributed by atoms with Gasteiger partial charge in [-0.2, -0.15) is 0 Å². The van der Waals surface area contributed by atoms with E-state index in [1.165, 1.54) is 12.1 Å². The second kappa shape index (κ2) is 9.64. The van der Waals surface area contributed by atoms with E-state index in [1.807, 2.05) is 49.3 Å². The van der Waals surface area contributed by atoms with E-state index in [4.69, 9.17) is 0 Å². The number of carbonyl (C=O) groups excluding carboxylic acids is 1. The zero-order chi connectivity index (χ0) is 19.9. The number of sulfonamides is 1. The summed E-state index contributed by atoms with van der Waals surface area (Å²) in [6, 6.07) is 15.8. The highest BCUT2D eigenvalue weighted by molar-refractivity contribution is 7.89. The van der Waals surface area contributed by atoms with Crippen molar-refractivity contribution in [3.05, 3.63) is 65.7 Å². The first kappa shape index (κ1) is 21.1. The van der Waals surface area contributed by atoms with Gasteiger partial charge in [0.1, 0.15) is 0 Å². The Morgan fingerprint density at radius 2 is 1.70 bits per heavy atom. The minimum absolute atomic E-state index is 0.103. The molecule has 6 nitrogen and oxygen atoms in total. The molecule has 146 valence electrons. The third-order valence-electron chi connectivity index (χ3n) is 4.07. The topological polar surface area (TPSA) is 69.7 Å². The van der Waals surface area contributed by atoms with Crippen LogP contribution < -0.4 is 4.72 Å². The molecule has 0 radical (unpaired) electrons. The highest BCUT2D eigenvalue weighted by Crippen LogP contribution is 2.14. The summed E-state index contributed by atoms with van der Waals surface area (Å²) in [7, 11) is 1.95. The summed E-state index contributed by atoms with van der Waals surface area (Å²) in [5.41, 5.74) is 1.37. The molecule has 0 atom stereocenters. The minimum atomic E-state index is -3.64. The van der Waals surface area contributed by atoms with Crippen molar-refractivity contribution in [2.24, 2.45) is 0 Å². The smallest absolute Gasteiger partial charge is 0.253 e. The van der Waals surface area contributed by atoms with Gasteiger partial charge in [0.05, 0.1) is 4.90 Å². The van der Waals surface area contributed by atoms with E-state index < -0.39 is 10.0 Å². The molecule has 0 aliphatic rings. The highest BCUT2D eigenvalue weighted by Gasteiger charge is 2.18. The maximum atomic E-state index is 12.7. The van der Waals surface area contributed by atoms with Crippen molar-refractivity contribution < 1.29 is 13.2 Å². The Kier molecular flexibility index (Phi) is 7.53. The van der Waals surface area contributed by atoms with Crippen LogP contribution in [0.25, 0.3) is 0 Å². The van der Waals surface area contributed by atoms with Crippen LogP contribution in [0.5, 0.6) is 0 Å². The zero-order valence-electron chi connectivity index (χ0n) is 16.1. The molecule has 1 amide bonds. The van der Waals surface area contributed by atoms with Gasteiger partial charge in [-0.05, 0) is 50.8 Å². The molecule has 0 aromatic heterocycles. The number of hydrogen-bond donors (Lipinski definition) is 1. The quantitative estimate of drug-likeness (QED) is 0.668. The summed E-state index contributed by atoms with van der Waals surface area (Å²) >= 11 is 0. The van der Waals surface area contributed by atoms with Crippen LogP contribution in [-0.4, -0.2) is 58.4 Å². The fourth-order valence-electron chi connectivity index (χ4n) is 2.63. The summed E-state index contributed by atoms with van der Waals surface area (Å²) in [5.74, 6) is -0.219. The molecule has 1 N–H and O–H groups in total. The van der Waals surface area contributed by atoms with Gasteiger partial charge in [0.15, 0.2) is 0 Å². The lowest BCUT2D eigenvalue weighted by Gasteiger charge is -2.18. The van der Waals surface area contributed by atoms with Crippen LogP contribution in [0.3, 0.4) is 0 Å². The number of hydrogen-bond acceptors (Lipinski definition) is 4. The average molecular weight is 390 g/mol. The van der Waals surface area contributed by atoms with Crippen molar-refractivity contribution in [3.8, 4) is 0 Å². The number of amides is 1. The van der Waals surface area contributed by atoms with Crippen LogP contribution in [0.15, 0.2) is 59.5 Å². The molecule has 0 unspecified atom stereocenters. The van der Waals surface area contributed by atoms with Gasteiger partial charge in [-0.25, -0.2) is 13.1 Å². The Morgan fingerprint density at radius 1 is 1.00 bits per heavy atom. The second-order valence-electron chi connectivity index (χ2n) is 6.73. The van der Waals surface area contributed by atoms with Crippen molar-refractivity contribution in [2.75, 3.05) is 34.2 Å². The monoisotopic (exact) mass is 389 g/mol. The van der Waals surface area contributed by atoms with Crippen LogP contribution in [0, 0.1) is 0 Å². The van der Waals surface area contributed by atoms with Crippen LogP contribution >= 0.6 is 0 Å². The lowest BCUT2D eigenvalue weighted by molar-refractivity contribution is 0.0785. The molecule has 0 spiro atoms. The standard InChI is InChI=1S/C20H27N3O3S/c1-22(2)14-8-13-21-27(25,26)19-12-7-11-18(15-19)20(24)23(3)16-17-9-5-4-6-10-17/h4-7,9-12,15,21H,8,13-14,16H2,1-3H3. The maximum absolute atomic E-state index is 12.7. The number of rotatable bonds is 9. The summed E-state index contributed by atoms with van der Waals surface area (Å²) < 4.78 is 27.5. The molecule has 0 heterocycles. The van der Waals surface area contributed by atoms with Gasteiger partial charge in [0.25, 0.3) is 5.91 Å². The molecule has 0 aliphatic carbocycles. The van der Waals surface area contributed by atoms with Gasteiger partial charge in [-0.3, -0.25) is 4.79 Å². The number of benzene rings is 2. The Balaban J connectivity index is 2.06. The van der Waals surface area contributed by atoms with E-state index in [0.29, 0.717) is 25.1 Å². The molecule has 0 aliphatic heterocycles. The molecule has 2 aromatic rings. The number of carbonyl (C=O) groups is 1. The van der Waals surface area contributed by atoms with Crippen molar-refractivity contribution in [3.63, 3.8) is 0 Å². The molecule has 2 rings (SSSR count). The van der Waals surface area contributed by atoms with E-state index in [1.54, 1.807) is 24.1 Å². The first-order valence-corrected chi connectivity index (χ1v) is 10.3. The summed E-state index contributed by atoms with van der Waals surface area (Å²) in [5, 5.41) is 0. The molecule has 7 heteroatoms. The molecular formula is C20H27N3O3S. The minimum Gasteiger partial charge on any atom is -0.337 e. The van der Waals surface area contributed by atoms with Gasteiger partial charge < -0.3 is 9.80 Å². The summed E-state index contributed by atoms with van der Waals surface area (Å²) in [6.07, 6.45) is 0.713. The molecule has 0 saturated heterocycles. The maximum Gasteiger partial charge on any atom is 0.253 e. The van der Waals surface area contributed by atoms with E-state index in [-0.39, 0.29) is 10.8 Å². The summed E-state index contributed by atoms with van der Waals surface area (Å²) in [4.78, 5) is 16.3.